The van der Waals surface area contributed by atoms with Crippen molar-refractivity contribution in [2.24, 2.45) is 14.1 Å². The highest BCUT2D eigenvalue weighted by molar-refractivity contribution is 5.80. The van der Waals surface area contributed by atoms with Crippen LogP contribution in [0.1, 0.15) is 25.2 Å². The van der Waals surface area contributed by atoms with E-state index in [-0.39, 0.29) is 11.2 Å². The molecule has 0 saturated carbocycles. The molecule has 8 nitrogen and oxygen atoms in total. The Morgan fingerprint density at radius 1 is 0.871 bits per heavy atom. The zero-order chi connectivity index (χ0) is 22.4. The minimum Gasteiger partial charge on any atom is -0.493 e. The second-order valence-electron chi connectivity index (χ2n) is 7.45. The van der Waals surface area contributed by atoms with Gasteiger partial charge in [0.25, 0.3) is 5.56 Å². The molecule has 3 heterocycles. The van der Waals surface area contributed by atoms with E-state index in [9.17, 15) is 9.59 Å². The summed E-state index contributed by atoms with van der Waals surface area (Å²) in [5.74, 6) is 1.50. The van der Waals surface area contributed by atoms with Crippen molar-refractivity contribution in [1.82, 2.24) is 13.8 Å². The molecule has 0 aromatic carbocycles. The monoisotopic (exact) mass is 423 g/mol. The van der Waals surface area contributed by atoms with Gasteiger partial charge in [-0.3, -0.25) is 13.9 Å². The Labute approximate surface area is 179 Å². The summed E-state index contributed by atoms with van der Waals surface area (Å²) in [6.07, 6.45) is 1.81. The first-order valence-corrected chi connectivity index (χ1v) is 10.3. The van der Waals surface area contributed by atoms with Gasteiger partial charge in [-0.25, -0.2) is 4.79 Å². The lowest BCUT2D eigenvalue weighted by Crippen LogP contribution is -2.47. The summed E-state index contributed by atoms with van der Waals surface area (Å²) in [6.45, 7) is 8.94. The van der Waals surface area contributed by atoms with Gasteiger partial charge < -0.3 is 9.47 Å². The van der Waals surface area contributed by atoms with Crippen molar-refractivity contribution in [3.63, 3.8) is 0 Å². The molecule has 0 spiro atoms. The summed E-state index contributed by atoms with van der Waals surface area (Å²) in [5.41, 5.74) is 3.96. The third-order valence-electron chi connectivity index (χ3n) is 5.70. The van der Waals surface area contributed by atoms with Gasteiger partial charge in [-0.2, -0.15) is 0 Å². The molecule has 0 radical (unpaired) electrons. The van der Waals surface area contributed by atoms with Gasteiger partial charge >= 0.3 is 5.69 Å². The van der Waals surface area contributed by atoms with Gasteiger partial charge in [-0.05, 0) is 32.0 Å². The van der Waals surface area contributed by atoms with Crippen LogP contribution in [0.3, 0.4) is 0 Å². The van der Waals surface area contributed by atoms with Gasteiger partial charge in [0.15, 0.2) is 5.52 Å². The minimum atomic E-state index is -0.356. The zero-order valence-corrected chi connectivity index (χ0v) is 18.7. The van der Waals surface area contributed by atoms with E-state index in [2.05, 4.69) is 0 Å². The molecule has 1 aliphatic carbocycles. The number of ether oxygens (including phenoxy) is 2. The first kappa shape index (κ1) is 20.7. The van der Waals surface area contributed by atoms with E-state index >= 15 is 0 Å². The Kier molecular flexibility index (Phi) is 5.08. The predicted molar refractivity (Wildman–Crippen MR) is 118 cm³/mol. The lowest BCUT2D eigenvalue weighted by atomic mass is 10.1. The van der Waals surface area contributed by atoms with Crippen LogP contribution in [-0.2, 0) is 14.1 Å². The van der Waals surface area contributed by atoms with E-state index in [1.54, 1.807) is 17.8 Å². The van der Waals surface area contributed by atoms with E-state index in [0.29, 0.717) is 24.2 Å². The molecule has 0 N–H and O–H groups in total. The summed E-state index contributed by atoms with van der Waals surface area (Å²) in [5, 5.41) is 0. The Bertz CT molecular complexity index is 1350. The molecule has 8 heteroatoms. The Morgan fingerprint density at radius 3 is 1.94 bits per heavy atom. The maximum Gasteiger partial charge on any atom is 0.331 e. The molecular weight excluding hydrogens is 396 g/mol. The normalized spacial score (nSPS) is 11.4. The molecule has 0 amide bonds. The SMILES string of the molecule is CCOc1cccc(OCC)c2c(C)[n+](-n3ccc4c3c(=O)n(C)c(=O)n4C)c(C)c1-2. The predicted octanol–water partition coefficient (Wildman–Crippen LogP) is 2.16. The molecule has 0 bridgehead atoms. The van der Waals surface area contributed by atoms with Crippen LogP contribution in [0.15, 0.2) is 40.1 Å². The highest BCUT2D eigenvalue weighted by Gasteiger charge is 2.34. The molecule has 0 atom stereocenters. The quantitative estimate of drug-likeness (QED) is 0.461. The van der Waals surface area contributed by atoms with E-state index in [1.165, 1.54) is 11.6 Å². The van der Waals surface area contributed by atoms with Gasteiger partial charge in [-0.1, -0.05) is 10.7 Å². The minimum absolute atomic E-state index is 0.347. The molecule has 4 rings (SSSR count). The molecule has 2 aliphatic rings. The fourth-order valence-corrected chi connectivity index (χ4v) is 4.32. The highest BCUT2D eigenvalue weighted by atomic mass is 16.5. The highest BCUT2D eigenvalue weighted by Crippen LogP contribution is 2.41. The Morgan fingerprint density at radius 2 is 1.42 bits per heavy atom. The molecule has 2 aromatic heterocycles. The van der Waals surface area contributed by atoms with Crippen molar-refractivity contribution >= 4 is 11.0 Å². The zero-order valence-electron chi connectivity index (χ0n) is 18.7. The fraction of sp³-hybridized carbons (Fsp3) is 0.348. The summed E-state index contributed by atoms with van der Waals surface area (Å²) in [6, 6.07) is 7.58. The van der Waals surface area contributed by atoms with Crippen molar-refractivity contribution in [2.75, 3.05) is 13.2 Å². The molecule has 0 saturated heterocycles. The van der Waals surface area contributed by atoms with Crippen molar-refractivity contribution < 1.29 is 14.1 Å². The number of fused-ring (bicyclic) bond motifs is 2. The molecule has 0 unspecified atom stereocenters. The van der Waals surface area contributed by atoms with Gasteiger partial charge in [-0.15, -0.1) is 4.68 Å². The smallest absolute Gasteiger partial charge is 0.331 e. The lowest BCUT2D eigenvalue weighted by Gasteiger charge is -2.06. The summed E-state index contributed by atoms with van der Waals surface area (Å²) >= 11 is 0. The second-order valence-corrected chi connectivity index (χ2v) is 7.45. The molecular formula is C23H27N4O4+. The molecule has 0 fully saturated rings. The Balaban J connectivity index is 2.17. The fourth-order valence-electron chi connectivity index (χ4n) is 4.32. The number of aryl methyl sites for hydroxylation is 1. The van der Waals surface area contributed by atoms with Crippen LogP contribution in [0, 0.1) is 13.8 Å². The number of nitrogens with zero attached hydrogens (tertiary/aromatic N) is 4. The topological polar surface area (TPSA) is 71.3 Å². The maximum absolute atomic E-state index is 13.0. The van der Waals surface area contributed by atoms with E-state index in [1.807, 2.05) is 56.8 Å². The first-order valence-electron chi connectivity index (χ1n) is 10.3. The molecule has 2 aromatic rings. The largest absolute Gasteiger partial charge is 0.493 e. The average Bonchev–Trinajstić information content (AvgIpc) is 3.21. The number of hydrogen-bond donors (Lipinski definition) is 0. The van der Waals surface area contributed by atoms with Gasteiger partial charge in [0.1, 0.15) is 22.6 Å². The van der Waals surface area contributed by atoms with Crippen LogP contribution in [-0.4, -0.2) is 27.0 Å². The van der Waals surface area contributed by atoms with E-state index < -0.39 is 0 Å². The summed E-state index contributed by atoms with van der Waals surface area (Å²) < 4.78 is 18.3. The van der Waals surface area contributed by atoms with Crippen LogP contribution in [0.25, 0.3) is 22.2 Å². The summed E-state index contributed by atoms with van der Waals surface area (Å²) in [7, 11) is 3.16. The van der Waals surface area contributed by atoms with Crippen molar-refractivity contribution in [1.29, 1.82) is 0 Å². The molecule has 31 heavy (non-hydrogen) atoms. The van der Waals surface area contributed by atoms with Gasteiger partial charge in [0, 0.05) is 27.9 Å². The standard InChI is InChI=1S/C23H27N4O4/c1-7-30-17-10-9-11-18(31-8-2)20-15(4)27(14(3)19(17)20)26-13-12-16-21(26)22(28)25(6)23(29)24(16)5/h9-13H,7-8H2,1-6H3/q+1. The number of hydrogen-bond acceptors (Lipinski definition) is 4. The summed E-state index contributed by atoms with van der Waals surface area (Å²) in [4.78, 5) is 25.4. The van der Waals surface area contributed by atoms with E-state index in [0.717, 1.165) is 38.6 Å². The maximum atomic E-state index is 13.0. The van der Waals surface area contributed by atoms with Crippen molar-refractivity contribution in [2.45, 2.75) is 27.7 Å². The average molecular weight is 423 g/mol. The number of rotatable bonds is 5. The number of aromatic nitrogens is 4. The third-order valence-corrected chi connectivity index (χ3v) is 5.70. The molecule has 1 aliphatic heterocycles. The van der Waals surface area contributed by atoms with Crippen LogP contribution in [0.4, 0.5) is 0 Å². The van der Waals surface area contributed by atoms with Crippen molar-refractivity contribution in [3.05, 3.63) is 62.7 Å². The third kappa shape index (κ3) is 2.93. The van der Waals surface area contributed by atoms with Crippen LogP contribution in [0.2, 0.25) is 0 Å². The lowest BCUT2D eigenvalue weighted by molar-refractivity contribution is -0.731. The van der Waals surface area contributed by atoms with Crippen LogP contribution in [0.5, 0.6) is 11.5 Å². The van der Waals surface area contributed by atoms with Gasteiger partial charge in [0.2, 0.25) is 11.4 Å². The molecule has 162 valence electrons. The first-order chi connectivity index (χ1) is 14.8. The second kappa shape index (κ2) is 7.61. The van der Waals surface area contributed by atoms with E-state index in [4.69, 9.17) is 9.47 Å². The van der Waals surface area contributed by atoms with Crippen LogP contribution < -0.4 is 25.4 Å². The Hall–Kier alpha value is -3.55. The van der Waals surface area contributed by atoms with Gasteiger partial charge in [0.05, 0.1) is 24.9 Å². The van der Waals surface area contributed by atoms with Crippen LogP contribution >= 0.6 is 0 Å². The van der Waals surface area contributed by atoms with Crippen molar-refractivity contribution in [3.8, 4) is 22.6 Å².